The third kappa shape index (κ3) is 3.49. The third-order valence-corrected chi connectivity index (χ3v) is 4.65. The van der Waals surface area contributed by atoms with E-state index in [4.69, 9.17) is 4.74 Å². The Hall–Kier alpha value is -2.47. The van der Waals surface area contributed by atoms with Gasteiger partial charge in [-0.1, -0.05) is 12.1 Å². The minimum atomic E-state index is -0.277. The highest BCUT2D eigenvalue weighted by Gasteiger charge is 2.18. The van der Waals surface area contributed by atoms with E-state index >= 15 is 0 Å². The highest BCUT2D eigenvalue weighted by atomic mass is 19.1. The Labute approximate surface area is 146 Å². The summed E-state index contributed by atoms with van der Waals surface area (Å²) in [6, 6.07) is 10.2. The molecule has 1 fully saturated rings. The number of piperidine rings is 1. The molecule has 0 amide bonds. The van der Waals surface area contributed by atoms with E-state index in [1.165, 1.54) is 25.0 Å². The van der Waals surface area contributed by atoms with Gasteiger partial charge in [0.05, 0.1) is 18.5 Å². The SMILES string of the molecule is CN1CCCC(COc2ccc3ncc(-c4cccc(F)c4)n3n2)C1. The summed E-state index contributed by atoms with van der Waals surface area (Å²) in [7, 11) is 2.15. The standard InChI is InChI=1S/C19H21FN4O/c1-23-9-3-4-14(12-23)13-25-19-8-7-18-21-11-17(24(18)22-19)15-5-2-6-16(20)10-15/h2,5-8,10-11,14H,3-4,9,12-13H2,1H3. The Morgan fingerprint density at radius 3 is 3.04 bits per heavy atom. The van der Waals surface area contributed by atoms with Crippen molar-refractivity contribution in [2.45, 2.75) is 12.8 Å². The molecule has 1 aliphatic heterocycles. The fourth-order valence-corrected chi connectivity index (χ4v) is 3.39. The maximum absolute atomic E-state index is 13.5. The molecule has 1 unspecified atom stereocenters. The maximum atomic E-state index is 13.5. The quantitative estimate of drug-likeness (QED) is 0.731. The molecule has 3 heterocycles. The maximum Gasteiger partial charge on any atom is 0.231 e. The van der Waals surface area contributed by atoms with E-state index in [-0.39, 0.29) is 5.82 Å². The number of aromatic nitrogens is 3. The molecular formula is C19H21FN4O. The number of likely N-dealkylation sites (tertiary alicyclic amines) is 1. The topological polar surface area (TPSA) is 42.7 Å². The minimum absolute atomic E-state index is 0.277. The number of fused-ring (bicyclic) bond motifs is 1. The summed E-state index contributed by atoms with van der Waals surface area (Å²) < 4.78 is 21.1. The zero-order chi connectivity index (χ0) is 17.2. The van der Waals surface area contributed by atoms with Crippen LogP contribution in [0.4, 0.5) is 4.39 Å². The fourth-order valence-electron chi connectivity index (χ4n) is 3.39. The van der Waals surface area contributed by atoms with Crippen LogP contribution in [0, 0.1) is 11.7 Å². The van der Waals surface area contributed by atoms with Crippen molar-refractivity contribution in [3.8, 4) is 17.1 Å². The lowest BCUT2D eigenvalue weighted by Gasteiger charge is -2.29. The summed E-state index contributed by atoms with van der Waals surface area (Å²) in [6.45, 7) is 2.88. The van der Waals surface area contributed by atoms with E-state index in [1.54, 1.807) is 16.8 Å². The average molecular weight is 340 g/mol. The molecule has 2 aromatic heterocycles. The normalized spacial score (nSPS) is 18.6. The van der Waals surface area contributed by atoms with Crippen molar-refractivity contribution in [1.29, 1.82) is 0 Å². The Balaban J connectivity index is 1.56. The Morgan fingerprint density at radius 1 is 1.28 bits per heavy atom. The van der Waals surface area contributed by atoms with E-state index in [1.807, 2.05) is 18.2 Å². The van der Waals surface area contributed by atoms with Gasteiger partial charge < -0.3 is 9.64 Å². The third-order valence-electron chi connectivity index (χ3n) is 4.65. The van der Waals surface area contributed by atoms with Crippen LogP contribution in [0.3, 0.4) is 0 Å². The molecule has 5 nitrogen and oxygen atoms in total. The van der Waals surface area contributed by atoms with E-state index in [0.717, 1.165) is 24.3 Å². The number of hydrogen-bond donors (Lipinski definition) is 0. The molecule has 0 saturated carbocycles. The van der Waals surface area contributed by atoms with Crippen LogP contribution in [-0.2, 0) is 0 Å². The second kappa shape index (κ2) is 6.80. The van der Waals surface area contributed by atoms with Crippen LogP contribution < -0.4 is 4.74 Å². The van der Waals surface area contributed by atoms with Gasteiger partial charge in [-0.25, -0.2) is 13.9 Å². The van der Waals surface area contributed by atoms with Crippen molar-refractivity contribution < 1.29 is 9.13 Å². The first kappa shape index (κ1) is 16.0. The summed E-state index contributed by atoms with van der Waals surface area (Å²) in [6.07, 6.45) is 4.10. The second-order valence-electron chi connectivity index (χ2n) is 6.68. The van der Waals surface area contributed by atoms with Crippen molar-refractivity contribution in [1.82, 2.24) is 19.5 Å². The molecule has 25 heavy (non-hydrogen) atoms. The minimum Gasteiger partial charge on any atom is -0.476 e. The van der Waals surface area contributed by atoms with Crippen molar-refractivity contribution in [2.75, 3.05) is 26.7 Å². The molecule has 1 aromatic carbocycles. The first-order valence-electron chi connectivity index (χ1n) is 8.61. The Kier molecular flexibility index (Phi) is 4.36. The van der Waals surface area contributed by atoms with Crippen LogP contribution in [0.5, 0.6) is 5.88 Å². The molecule has 4 rings (SSSR count). The van der Waals surface area contributed by atoms with Crippen molar-refractivity contribution >= 4 is 5.65 Å². The molecule has 130 valence electrons. The molecule has 0 radical (unpaired) electrons. The zero-order valence-electron chi connectivity index (χ0n) is 14.2. The van der Waals surface area contributed by atoms with Gasteiger partial charge in [0, 0.05) is 24.1 Å². The largest absolute Gasteiger partial charge is 0.476 e. The number of imidazole rings is 1. The predicted octanol–water partition coefficient (Wildman–Crippen LogP) is 3.26. The van der Waals surface area contributed by atoms with Crippen molar-refractivity contribution in [3.05, 3.63) is 48.4 Å². The number of ether oxygens (including phenoxy) is 1. The number of hydrogen-bond acceptors (Lipinski definition) is 4. The predicted molar refractivity (Wildman–Crippen MR) is 94.1 cm³/mol. The van der Waals surface area contributed by atoms with Gasteiger partial charge in [-0.3, -0.25) is 0 Å². The van der Waals surface area contributed by atoms with Crippen molar-refractivity contribution in [3.63, 3.8) is 0 Å². The second-order valence-corrected chi connectivity index (χ2v) is 6.68. The Bertz CT molecular complexity index is 879. The molecule has 0 bridgehead atoms. The van der Waals surface area contributed by atoms with Crippen LogP contribution in [0.15, 0.2) is 42.6 Å². The lowest BCUT2D eigenvalue weighted by molar-refractivity contribution is 0.146. The zero-order valence-corrected chi connectivity index (χ0v) is 14.2. The van der Waals surface area contributed by atoms with E-state index in [9.17, 15) is 4.39 Å². The van der Waals surface area contributed by atoms with Gasteiger partial charge in [0.2, 0.25) is 5.88 Å². The van der Waals surface area contributed by atoms with Gasteiger partial charge in [0.25, 0.3) is 0 Å². The highest BCUT2D eigenvalue weighted by Crippen LogP contribution is 2.22. The summed E-state index contributed by atoms with van der Waals surface area (Å²) in [5.41, 5.74) is 2.20. The van der Waals surface area contributed by atoms with Gasteiger partial charge in [0.15, 0.2) is 5.65 Å². The molecule has 0 N–H and O–H groups in total. The fraction of sp³-hybridized carbons (Fsp3) is 0.368. The van der Waals surface area contributed by atoms with Gasteiger partial charge in [-0.2, -0.15) is 0 Å². The van der Waals surface area contributed by atoms with Gasteiger partial charge in [0.1, 0.15) is 5.82 Å². The van der Waals surface area contributed by atoms with Crippen LogP contribution >= 0.6 is 0 Å². The molecular weight excluding hydrogens is 319 g/mol. The first-order valence-corrected chi connectivity index (χ1v) is 8.61. The molecule has 3 aromatic rings. The van der Waals surface area contributed by atoms with E-state index in [0.29, 0.717) is 24.1 Å². The molecule has 0 aliphatic carbocycles. The van der Waals surface area contributed by atoms with Crippen LogP contribution in [0.1, 0.15) is 12.8 Å². The average Bonchev–Trinajstić information content (AvgIpc) is 3.03. The first-order chi connectivity index (χ1) is 12.2. The van der Waals surface area contributed by atoms with Gasteiger partial charge in [-0.05, 0) is 44.6 Å². The van der Waals surface area contributed by atoms with Crippen LogP contribution in [0.2, 0.25) is 0 Å². The summed E-state index contributed by atoms with van der Waals surface area (Å²) in [5, 5.41) is 4.54. The number of nitrogens with zero attached hydrogens (tertiary/aromatic N) is 4. The van der Waals surface area contributed by atoms with E-state index < -0.39 is 0 Å². The van der Waals surface area contributed by atoms with Crippen LogP contribution in [0.25, 0.3) is 16.9 Å². The number of rotatable bonds is 4. The lowest BCUT2D eigenvalue weighted by Crippen LogP contribution is -2.34. The summed E-state index contributed by atoms with van der Waals surface area (Å²) in [5.74, 6) is 0.819. The smallest absolute Gasteiger partial charge is 0.231 e. The summed E-state index contributed by atoms with van der Waals surface area (Å²) >= 11 is 0. The molecule has 6 heteroatoms. The van der Waals surface area contributed by atoms with E-state index in [2.05, 4.69) is 22.0 Å². The van der Waals surface area contributed by atoms with Gasteiger partial charge >= 0.3 is 0 Å². The molecule has 1 atom stereocenters. The van der Waals surface area contributed by atoms with Gasteiger partial charge in [-0.15, -0.1) is 5.10 Å². The summed E-state index contributed by atoms with van der Waals surface area (Å²) in [4.78, 5) is 6.68. The number of benzene rings is 1. The molecule has 1 saturated heterocycles. The number of halogens is 1. The van der Waals surface area contributed by atoms with Crippen LogP contribution in [-0.4, -0.2) is 46.2 Å². The monoisotopic (exact) mass is 340 g/mol. The lowest BCUT2D eigenvalue weighted by atomic mass is 10.00. The van der Waals surface area contributed by atoms with Crippen molar-refractivity contribution in [2.24, 2.45) is 5.92 Å². The highest BCUT2D eigenvalue weighted by molar-refractivity contribution is 5.63. The molecule has 0 spiro atoms. The Morgan fingerprint density at radius 2 is 2.20 bits per heavy atom. The molecule has 1 aliphatic rings.